The lowest BCUT2D eigenvalue weighted by atomic mass is 10.1. The summed E-state index contributed by atoms with van der Waals surface area (Å²) in [7, 11) is -3.52. The lowest BCUT2D eigenvalue weighted by molar-refractivity contribution is -0.133. The SMILES string of the molecule is CC1CCCOP(=O)(c2ccc(Oc3ccc(Cl)cc3)cc2)N1C(C)C(=O)NO. The normalized spacial score (nSPS) is 23.8. The molecule has 1 saturated heterocycles. The standard InChI is InChI=1S/C20H24ClN2O5P/c1-14-4-3-13-27-29(26,23(14)15(2)20(24)22-25)19-11-9-18(10-12-19)28-17-7-5-16(21)6-8-17/h5-12,14-15,25H,3-4,13H2,1-2H3,(H,22,24). The van der Waals surface area contributed by atoms with Crippen molar-refractivity contribution in [1.29, 1.82) is 0 Å². The minimum Gasteiger partial charge on any atom is -0.457 e. The van der Waals surface area contributed by atoms with Crippen molar-refractivity contribution in [2.24, 2.45) is 0 Å². The van der Waals surface area contributed by atoms with E-state index in [9.17, 15) is 9.36 Å². The van der Waals surface area contributed by atoms with Crippen molar-refractivity contribution in [3.05, 3.63) is 53.6 Å². The van der Waals surface area contributed by atoms with Crippen molar-refractivity contribution >= 4 is 30.3 Å². The molecule has 3 rings (SSSR count). The highest BCUT2D eigenvalue weighted by Gasteiger charge is 2.44. The van der Waals surface area contributed by atoms with E-state index in [1.54, 1.807) is 65.6 Å². The molecule has 0 spiro atoms. The number of nitrogens with zero attached hydrogens (tertiary/aromatic N) is 1. The highest BCUT2D eigenvalue weighted by Crippen LogP contribution is 2.54. The molecule has 2 N–H and O–H groups in total. The van der Waals surface area contributed by atoms with E-state index in [0.29, 0.717) is 28.4 Å². The maximum Gasteiger partial charge on any atom is 0.303 e. The van der Waals surface area contributed by atoms with Gasteiger partial charge in [-0.3, -0.25) is 14.6 Å². The van der Waals surface area contributed by atoms with Crippen LogP contribution in [0.2, 0.25) is 5.02 Å². The van der Waals surface area contributed by atoms with E-state index in [4.69, 9.17) is 26.1 Å². The summed E-state index contributed by atoms with van der Waals surface area (Å²) in [5, 5.41) is 10.1. The summed E-state index contributed by atoms with van der Waals surface area (Å²) in [4.78, 5) is 12.1. The first-order valence-electron chi connectivity index (χ1n) is 9.36. The van der Waals surface area contributed by atoms with Crippen LogP contribution in [-0.4, -0.2) is 34.5 Å². The number of benzene rings is 2. The molecule has 2 aromatic rings. The zero-order valence-electron chi connectivity index (χ0n) is 16.2. The van der Waals surface area contributed by atoms with Crippen LogP contribution in [0.15, 0.2) is 48.5 Å². The van der Waals surface area contributed by atoms with Gasteiger partial charge in [-0.15, -0.1) is 0 Å². The fourth-order valence-electron chi connectivity index (χ4n) is 3.40. The summed E-state index contributed by atoms with van der Waals surface area (Å²) >= 11 is 5.88. The largest absolute Gasteiger partial charge is 0.457 e. The van der Waals surface area contributed by atoms with Gasteiger partial charge in [0.15, 0.2) is 0 Å². The second-order valence-electron chi connectivity index (χ2n) is 6.93. The number of ether oxygens (including phenoxy) is 1. The van der Waals surface area contributed by atoms with Crippen molar-refractivity contribution in [2.45, 2.75) is 38.8 Å². The molecular formula is C20H24ClN2O5P. The molecule has 3 atom stereocenters. The van der Waals surface area contributed by atoms with Gasteiger partial charge in [0.1, 0.15) is 11.5 Å². The fraction of sp³-hybridized carbons (Fsp3) is 0.350. The molecule has 1 aliphatic rings. The number of carbonyl (C=O) groups is 1. The Kier molecular flexibility index (Phi) is 6.98. The van der Waals surface area contributed by atoms with E-state index >= 15 is 0 Å². The van der Waals surface area contributed by atoms with Gasteiger partial charge in [0.25, 0.3) is 5.91 Å². The number of hydroxylamine groups is 1. The van der Waals surface area contributed by atoms with Gasteiger partial charge in [0, 0.05) is 11.1 Å². The van der Waals surface area contributed by atoms with E-state index in [1.165, 1.54) is 0 Å². The van der Waals surface area contributed by atoms with E-state index in [1.807, 2.05) is 6.92 Å². The monoisotopic (exact) mass is 438 g/mol. The smallest absolute Gasteiger partial charge is 0.303 e. The summed E-state index contributed by atoms with van der Waals surface area (Å²) in [5.41, 5.74) is 1.65. The number of carbonyl (C=O) groups excluding carboxylic acids is 1. The Labute approximate surface area is 175 Å². The second kappa shape index (κ2) is 9.28. The summed E-state index contributed by atoms with van der Waals surface area (Å²) in [5.74, 6) is 0.562. The Balaban J connectivity index is 1.89. The van der Waals surface area contributed by atoms with E-state index in [0.717, 1.165) is 12.8 Å². The third-order valence-corrected chi connectivity index (χ3v) is 7.97. The van der Waals surface area contributed by atoms with Crippen molar-refractivity contribution in [3.63, 3.8) is 0 Å². The quantitative estimate of drug-likeness (QED) is 0.410. The number of hydrogen-bond donors (Lipinski definition) is 2. The molecule has 0 saturated carbocycles. The van der Waals surface area contributed by atoms with Crippen LogP contribution in [0.1, 0.15) is 26.7 Å². The lowest BCUT2D eigenvalue weighted by Crippen LogP contribution is -2.47. The Morgan fingerprint density at radius 2 is 1.83 bits per heavy atom. The molecular weight excluding hydrogens is 415 g/mol. The molecule has 156 valence electrons. The van der Waals surface area contributed by atoms with E-state index in [-0.39, 0.29) is 6.04 Å². The number of nitrogens with one attached hydrogen (secondary N) is 1. The van der Waals surface area contributed by atoms with Gasteiger partial charge < -0.3 is 9.26 Å². The van der Waals surface area contributed by atoms with Gasteiger partial charge in [0.05, 0.1) is 18.0 Å². The Morgan fingerprint density at radius 3 is 2.41 bits per heavy atom. The minimum absolute atomic E-state index is 0.166. The van der Waals surface area contributed by atoms with Crippen LogP contribution in [0.3, 0.4) is 0 Å². The first-order valence-corrected chi connectivity index (χ1v) is 11.3. The van der Waals surface area contributed by atoms with Crippen LogP contribution in [-0.2, 0) is 13.9 Å². The zero-order chi connectivity index (χ0) is 21.0. The van der Waals surface area contributed by atoms with Crippen molar-refractivity contribution < 1.29 is 23.8 Å². The Bertz CT molecular complexity index is 891. The predicted molar refractivity (Wildman–Crippen MR) is 111 cm³/mol. The van der Waals surface area contributed by atoms with Gasteiger partial charge in [-0.25, -0.2) is 10.2 Å². The van der Waals surface area contributed by atoms with Gasteiger partial charge in [0.2, 0.25) is 0 Å². The lowest BCUT2D eigenvalue weighted by Gasteiger charge is -2.36. The summed E-state index contributed by atoms with van der Waals surface area (Å²) < 4.78 is 27.1. The average Bonchev–Trinajstić information content (AvgIpc) is 2.87. The maximum atomic E-state index is 14.0. The average molecular weight is 439 g/mol. The molecule has 29 heavy (non-hydrogen) atoms. The number of hydrogen-bond acceptors (Lipinski definition) is 5. The third-order valence-electron chi connectivity index (χ3n) is 4.89. The Morgan fingerprint density at radius 1 is 1.24 bits per heavy atom. The molecule has 0 aliphatic carbocycles. The van der Waals surface area contributed by atoms with Crippen LogP contribution in [0.4, 0.5) is 0 Å². The molecule has 7 nitrogen and oxygen atoms in total. The summed E-state index contributed by atoms with van der Waals surface area (Å²) in [6.45, 7) is 3.83. The van der Waals surface area contributed by atoms with Crippen molar-refractivity contribution in [3.8, 4) is 11.5 Å². The Hall–Kier alpha value is -1.89. The molecule has 1 amide bonds. The molecule has 1 fully saturated rings. The second-order valence-corrected chi connectivity index (χ2v) is 9.64. The van der Waals surface area contributed by atoms with Crippen molar-refractivity contribution in [1.82, 2.24) is 10.2 Å². The van der Waals surface area contributed by atoms with E-state index in [2.05, 4.69) is 0 Å². The summed E-state index contributed by atoms with van der Waals surface area (Å²) in [6, 6.07) is 12.8. The zero-order valence-corrected chi connectivity index (χ0v) is 17.9. The van der Waals surface area contributed by atoms with Crippen LogP contribution < -0.4 is 15.5 Å². The van der Waals surface area contributed by atoms with Crippen LogP contribution in [0.25, 0.3) is 0 Å². The minimum atomic E-state index is -3.52. The number of amides is 1. The van der Waals surface area contributed by atoms with Crippen LogP contribution in [0.5, 0.6) is 11.5 Å². The molecule has 2 aromatic carbocycles. The maximum absolute atomic E-state index is 14.0. The van der Waals surface area contributed by atoms with Crippen LogP contribution in [0, 0.1) is 0 Å². The first kappa shape index (κ1) is 21.8. The third kappa shape index (κ3) is 4.82. The molecule has 1 aliphatic heterocycles. The molecule has 1 heterocycles. The van der Waals surface area contributed by atoms with Gasteiger partial charge in [-0.1, -0.05) is 11.6 Å². The van der Waals surface area contributed by atoms with Crippen LogP contribution >= 0.6 is 19.1 Å². The number of halogens is 1. The van der Waals surface area contributed by atoms with Crippen molar-refractivity contribution in [2.75, 3.05) is 6.61 Å². The molecule has 0 radical (unpaired) electrons. The molecule has 9 heteroatoms. The summed E-state index contributed by atoms with van der Waals surface area (Å²) in [6.07, 6.45) is 1.46. The number of rotatable bonds is 5. The fourth-order valence-corrected chi connectivity index (χ4v) is 6.17. The molecule has 3 unspecified atom stereocenters. The molecule has 0 bridgehead atoms. The topological polar surface area (TPSA) is 88.1 Å². The van der Waals surface area contributed by atoms with Gasteiger partial charge >= 0.3 is 7.52 Å². The first-order chi connectivity index (χ1) is 13.8. The predicted octanol–water partition coefficient (Wildman–Crippen LogP) is 4.35. The highest BCUT2D eigenvalue weighted by atomic mass is 35.5. The van der Waals surface area contributed by atoms with E-state index < -0.39 is 19.5 Å². The molecule has 0 aromatic heterocycles. The van der Waals surface area contributed by atoms with Gasteiger partial charge in [-0.05, 0) is 75.2 Å². The van der Waals surface area contributed by atoms with Gasteiger partial charge in [-0.2, -0.15) is 0 Å². The highest BCUT2D eigenvalue weighted by molar-refractivity contribution is 7.64.